The molecule has 1 amide bonds. The largest absolute Gasteiger partial charge is 0.493 e. The summed E-state index contributed by atoms with van der Waals surface area (Å²) in [5.41, 5.74) is 2.30. The van der Waals surface area contributed by atoms with Gasteiger partial charge in [-0.1, -0.05) is 0 Å². The predicted octanol–water partition coefficient (Wildman–Crippen LogP) is 4.55. The Labute approximate surface area is 198 Å². The molecule has 0 aliphatic carbocycles. The molecule has 7 nitrogen and oxygen atoms in total. The summed E-state index contributed by atoms with van der Waals surface area (Å²) in [6.07, 6.45) is 3.17. The van der Waals surface area contributed by atoms with E-state index in [2.05, 4.69) is 5.10 Å². The lowest BCUT2D eigenvalue weighted by Gasteiger charge is -2.44. The van der Waals surface area contributed by atoms with Gasteiger partial charge in [0.1, 0.15) is 22.9 Å². The van der Waals surface area contributed by atoms with E-state index in [9.17, 15) is 9.18 Å². The molecule has 0 bridgehead atoms. The van der Waals surface area contributed by atoms with E-state index in [1.807, 2.05) is 32.0 Å². The summed E-state index contributed by atoms with van der Waals surface area (Å²) in [7, 11) is 3.42. The van der Waals surface area contributed by atoms with Gasteiger partial charge in [-0.3, -0.25) is 9.48 Å². The first-order valence-corrected chi connectivity index (χ1v) is 11.5. The third-order valence-electron chi connectivity index (χ3n) is 6.45. The van der Waals surface area contributed by atoms with E-state index in [0.29, 0.717) is 54.3 Å². The van der Waals surface area contributed by atoms with Crippen molar-refractivity contribution in [2.24, 2.45) is 7.05 Å². The van der Waals surface area contributed by atoms with Gasteiger partial charge in [0, 0.05) is 55.9 Å². The summed E-state index contributed by atoms with van der Waals surface area (Å²) in [5.74, 6) is 1.39. The van der Waals surface area contributed by atoms with Gasteiger partial charge in [-0.2, -0.15) is 5.10 Å². The average molecular weight is 466 g/mol. The number of hydrogen-bond acceptors (Lipinski definition) is 5. The highest BCUT2D eigenvalue weighted by Gasteiger charge is 2.46. The maximum atomic E-state index is 13.9. The number of piperidine rings is 1. The fourth-order valence-electron chi connectivity index (χ4n) is 4.84. The number of carbonyl (C=O) groups is 1. The maximum absolute atomic E-state index is 13.9. The van der Waals surface area contributed by atoms with Crippen molar-refractivity contribution in [1.82, 2.24) is 14.7 Å². The van der Waals surface area contributed by atoms with Gasteiger partial charge in [-0.15, -0.1) is 0 Å². The van der Waals surface area contributed by atoms with Crippen molar-refractivity contribution in [2.75, 3.05) is 20.2 Å². The Hall–Kier alpha value is -3.55. The minimum atomic E-state index is -0.599. The van der Waals surface area contributed by atoms with Crippen molar-refractivity contribution in [3.8, 4) is 28.5 Å². The zero-order valence-corrected chi connectivity index (χ0v) is 19.8. The minimum absolute atomic E-state index is 0.00298. The van der Waals surface area contributed by atoms with E-state index < -0.39 is 5.60 Å². The van der Waals surface area contributed by atoms with Crippen LogP contribution < -0.4 is 14.2 Å². The molecule has 0 radical (unpaired) electrons. The van der Waals surface area contributed by atoms with Crippen molar-refractivity contribution in [3.63, 3.8) is 0 Å². The molecule has 8 heteroatoms. The van der Waals surface area contributed by atoms with Gasteiger partial charge in [-0.25, -0.2) is 4.39 Å². The highest BCUT2D eigenvalue weighted by atomic mass is 19.1. The van der Waals surface area contributed by atoms with Crippen molar-refractivity contribution in [1.29, 1.82) is 0 Å². The number of likely N-dealkylation sites (tertiary alicyclic amines) is 1. The number of fused-ring (bicyclic) bond motifs is 4. The molecule has 3 heterocycles. The second kappa shape index (κ2) is 8.34. The van der Waals surface area contributed by atoms with Crippen LogP contribution >= 0.6 is 0 Å². The topological polar surface area (TPSA) is 65.8 Å². The number of aromatic nitrogens is 2. The smallest absolute Gasteiger partial charge is 0.253 e. The van der Waals surface area contributed by atoms with Crippen LogP contribution in [0.2, 0.25) is 0 Å². The number of methoxy groups -OCH3 is 1. The number of carbonyl (C=O) groups excluding carboxylic acids is 1. The van der Waals surface area contributed by atoms with Crippen LogP contribution in [0.4, 0.5) is 4.39 Å². The van der Waals surface area contributed by atoms with Crippen LogP contribution in [0, 0.1) is 5.82 Å². The SMILES string of the molecule is COc1cc(C(=O)N2CCC3(CC2)Oc2ccc(F)cc2-c2nn(C)cc23)ccc1OC(C)C. The van der Waals surface area contributed by atoms with E-state index >= 15 is 0 Å². The number of nitrogens with zero attached hydrogens (tertiary/aromatic N) is 3. The molecule has 0 unspecified atom stereocenters. The van der Waals surface area contributed by atoms with Crippen LogP contribution in [0.15, 0.2) is 42.6 Å². The highest BCUT2D eigenvalue weighted by molar-refractivity contribution is 5.95. The number of benzene rings is 2. The van der Waals surface area contributed by atoms with Crippen LogP contribution in [0.3, 0.4) is 0 Å². The maximum Gasteiger partial charge on any atom is 0.253 e. The molecule has 1 saturated heterocycles. The lowest BCUT2D eigenvalue weighted by Crippen LogP contribution is -2.49. The molecule has 34 heavy (non-hydrogen) atoms. The number of rotatable bonds is 4. The van der Waals surface area contributed by atoms with Gasteiger partial charge in [0.05, 0.1) is 13.2 Å². The Morgan fingerprint density at radius 2 is 1.91 bits per heavy atom. The van der Waals surface area contributed by atoms with E-state index in [1.54, 1.807) is 36.1 Å². The van der Waals surface area contributed by atoms with Crippen molar-refractivity contribution >= 4 is 5.91 Å². The van der Waals surface area contributed by atoms with Crippen molar-refractivity contribution < 1.29 is 23.4 Å². The quantitative estimate of drug-likeness (QED) is 0.566. The fourth-order valence-corrected chi connectivity index (χ4v) is 4.84. The Morgan fingerprint density at radius 1 is 1.15 bits per heavy atom. The molecular formula is C26H28FN3O4. The van der Waals surface area contributed by atoms with E-state index in [1.165, 1.54) is 12.1 Å². The summed E-state index contributed by atoms with van der Waals surface area (Å²) in [5, 5.41) is 4.60. The number of ether oxygens (including phenoxy) is 3. The number of halogens is 1. The molecule has 2 aliphatic rings. The standard InChI is InChI=1S/C26H28FN3O4/c1-16(2)33-22-7-5-17(13-23(22)32-4)25(31)30-11-9-26(10-12-30)20-15-29(3)28-24(20)19-14-18(27)6-8-21(19)34-26/h5-8,13-16H,9-12H2,1-4H3. The van der Waals surface area contributed by atoms with Gasteiger partial charge in [-0.05, 0) is 50.2 Å². The summed E-state index contributed by atoms with van der Waals surface area (Å²) in [4.78, 5) is 15.1. The van der Waals surface area contributed by atoms with Crippen LogP contribution in [0.25, 0.3) is 11.3 Å². The zero-order valence-electron chi connectivity index (χ0n) is 19.8. The average Bonchev–Trinajstić information content (AvgIpc) is 3.22. The minimum Gasteiger partial charge on any atom is -0.493 e. The monoisotopic (exact) mass is 465 g/mol. The zero-order chi connectivity index (χ0) is 24.0. The normalized spacial score (nSPS) is 16.1. The first-order valence-electron chi connectivity index (χ1n) is 11.5. The van der Waals surface area contributed by atoms with Gasteiger partial charge in [0.2, 0.25) is 0 Å². The summed E-state index contributed by atoms with van der Waals surface area (Å²) in [6, 6.07) is 9.81. The number of amides is 1. The molecule has 0 atom stereocenters. The molecule has 178 valence electrons. The second-order valence-corrected chi connectivity index (χ2v) is 9.13. The first kappa shape index (κ1) is 22.3. The third kappa shape index (κ3) is 3.77. The molecule has 1 aromatic heterocycles. The molecular weight excluding hydrogens is 437 g/mol. The van der Waals surface area contributed by atoms with E-state index in [4.69, 9.17) is 14.2 Å². The van der Waals surface area contributed by atoms with Crippen LogP contribution in [0.5, 0.6) is 17.2 Å². The van der Waals surface area contributed by atoms with Gasteiger partial charge in [0.25, 0.3) is 5.91 Å². The highest BCUT2D eigenvalue weighted by Crippen LogP contribution is 2.49. The molecule has 3 aromatic rings. The van der Waals surface area contributed by atoms with Crippen LogP contribution in [0.1, 0.15) is 42.6 Å². The molecule has 5 rings (SSSR count). The molecule has 2 aliphatic heterocycles. The van der Waals surface area contributed by atoms with Gasteiger partial charge >= 0.3 is 0 Å². The summed E-state index contributed by atoms with van der Waals surface area (Å²) in [6.45, 7) is 4.93. The Kier molecular flexibility index (Phi) is 5.46. The van der Waals surface area contributed by atoms with E-state index in [-0.39, 0.29) is 17.8 Å². The Balaban J connectivity index is 1.38. The Morgan fingerprint density at radius 3 is 2.62 bits per heavy atom. The molecule has 0 saturated carbocycles. The van der Waals surface area contributed by atoms with Gasteiger partial charge < -0.3 is 19.1 Å². The van der Waals surface area contributed by atoms with Crippen molar-refractivity contribution in [2.45, 2.75) is 38.4 Å². The van der Waals surface area contributed by atoms with Gasteiger partial charge in [0.15, 0.2) is 11.5 Å². The molecule has 1 spiro atoms. The third-order valence-corrected chi connectivity index (χ3v) is 6.45. The lowest BCUT2D eigenvalue weighted by molar-refractivity contribution is -0.00173. The number of aryl methyl sites for hydroxylation is 1. The predicted molar refractivity (Wildman–Crippen MR) is 125 cm³/mol. The first-order chi connectivity index (χ1) is 16.3. The van der Waals surface area contributed by atoms with E-state index in [0.717, 1.165) is 11.3 Å². The lowest BCUT2D eigenvalue weighted by atomic mass is 9.81. The Bertz CT molecular complexity index is 1240. The fraction of sp³-hybridized carbons (Fsp3) is 0.385. The number of hydrogen-bond donors (Lipinski definition) is 0. The summed E-state index contributed by atoms with van der Waals surface area (Å²) >= 11 is 0. The van der Waals surface area contributed by atoms with Crippen LogP contribution in [-0.2, 0) is 12.6 Å². The van der Waals surface area contributed by atoms with Crippen molar-refractivity contribution in [3.05, 3.63) is 59.5 Å². The van der Waals surface area contributed by atoms with Crippen LogP contribution in [-0.4, -0.2) is 46.9 Å². The molecule has 2 aromatic carbocycles. The molecule has 1 fully saturated rings. The summed E-state index contributed by atoms with van der Waals surface area (Å²) < 4.78 is 33.4. The molecule has 0 N–H and O–H groups in total. The second-order valence-electron chi connectivity index (χ2n) is 9.13.